The summed E-state index contributed by atoms with van der Waals surface area (Å²) < 4.78 is 56.0. The van der Waals surface area contributed by atoms with Gasteiger partial charge >= 0.3 is 12.1 Å². The number of rotatable bonds is 12. The van der Waals surface area contributed by atoms with Gasteiger partial charge in [-0.2, -0.15) is 13.2 Å². The summed E-state index contributed by atoms with van der Waals surface area (Å²) in [6.45, 7) is 7.93. The van der Waals surface area contributed by atoms with E-state index in [4.69, 9.17) is 13.9 Å². The lowest BCUT2D eigenvalue weighted by molar-refractivity contribution is -0.145. The Morgan fingerprint density at radius 1 is 1.08 bits per heavy atom. The van der Waals surface area contributed by atoms with E-state index in [0.29, 0.717) is 17.9 Å². The van der Waals surface area contributed by atoms with Crippen molar-refractivity contribution in [1.82, 2.24) is 0 Å². The first-order chi connectivity index (χ1) is 17.1. The topological polar surface area (TPSA) is 48.7 Å². The molecule has 36 heavy (non-hydrogen) atoms. The lowest BCUT2D eigenvalue weighted by atomic mass is 9.93. The van der Waals surface area contributed by atoms with Gasteiger partial charge < -0.3 is 13.9 Å². The molecule has 0 bridgehead atoms. The Balaban J connectivity index is 1.68. The number of halogens is 3. The average Bonchev–Trinajstić information content (AvgIpc) is 3.16. The van der Waals surface area contributed by atoms with E-state index in [1.165, 1.54) is 6.07 Å². The Bertz CT molecular complexity index is 1170. The Hall–Kier alpha value is -2.61. The van der Waals surface area contributed by atoms with Crippen LogP contribution < -0.4 is 4.74 Å². The standard InChI is InChI=1S/C28H33F3O4S/c1-5-7-8-20(27-19(4)23-11-9-21(28(29,30)31)16-25(23)35-27)13-14-36-22-10-12-24(18(3)15-22)34-17-26(32)33-6-2/h9-12,15-16,20H,5-8,13-14,17H2,1-4H3. The smallest absolute Gasteiger partial charge is 0.416 e. The molecule has 3 rings (SSSR count). The molecule has 3 aromatic rings. The number of carbonyl (C=O) groups excluding carboxylic acids is 1. The van der Waals surface area contributed by atoms with Gasteiger partial charge in [0.1, 0.15) is 17.1 Å². The zero-order valence-corrected chi connectivity index (χ0v) is 22.0. The van der Waals surface area contributed by atoms with E-state index in [-0.39, 0.29) is 12.5 Å². The molecule has 0 aliphatic carbocycles. The van der Waals surface area contributed by atoms with E-state index in [1.54, 1.807) is 18.7 Å². The largest absolute Gasteiger partial charge is 0.482 e. The summed E-state index contributed by atoms with van der Waals surface area (Å²) in [5.41, 5.74) is 1.45. The van der Waals surface area contributed by atoms with Gasteiger partial charge in [0, 0.05) is 16.2 Å². The van der Waals surface area contributed by atoms with Crippen molar-refractivity contribution in [3.8, 4) is 5.75 Å². The summed E-state index contributed by atoms with van der Waals surface area (Å²) in [5.74, 6) is 2.00. The number of alkyl halides is 3. The first-order valence-corrected chi connectivity index (χ1v) is 13.2. The number of hydrogen-bond acceptors (Lipinski definition) is 5. The molecule has 1 unspecified atom stereocenters. The number of ether oxygens (including phenoxy) is 2. The average molecular weight is 523 g/mol. The fourth-order valence-electron chi connectivity index (χ4n) is 4.20. The van der Waals surface area contributed by atoms with Crippen LogP contribution in [0.25, 0.3) is 11.0 Å². The first kappa shape index (κ1) is 28.0. The van der Waals surface area contributed by atoms with Crippen LogP contribution in [0.5, 0.6) is 5.75 Å². The van der Waals surface area contributed by atoms with Crippen LogP contribution in [0.3, 0.4) is 0 Å². The maximum absolute atomic E-state index is 13.2. The third-order valence-corrected chi connectivity index (χ3v) is 7.14. The molecule has 0 saturated carbocycles. The number of hydrogen-bond donors (Lipinski definition) is 0. The fourth-order valence-corrected chi connectivity index (χ4v) is 5.26. The van der Waals surface area contributed by atoms with Gasteiger partial charge in [0.05, 0.1) is 12.2 Å². The monoisotopic (exact) mass is 522 g/mol. The fraction of sp³-hybridized carbons (Fsp3) is 0.464. The molecule has 4 nitrogen and oxygen atoms in total. The van der Waals surface area contributed by atoms with E-state index in [0.717, 1.165) is 70.7 Å². The quantitative estimate of drug-likeness (QED) is 0.176. The van der Waals surface area contributed by atoms with Crippen LogP contribution in [0.15, 0.2) is 45.7 Å². The Morgan fingerprint density at radius 2 is 1.86 bits per heavy atom. The molecule has 0 aliphatic rings. The van der Waals surface area contributed by atoms with Crippen LogP contribution >= 0.6 is 11.8 Å². The zero-order chi connectivity index (χ0) is 26.3. The molecule has 0 spiro atoms. The maximum Gasteiger partial charge on any atom is 0.416 e. The van der Waals surface area contributed by atoms with Crippen LogP contribution in [-0.4, -0.2) is 24.9 Å². The molecule has 196 valence electrons. The van der Waals surface area contributed by atoms with Gasteiger partial charge in [0.15, 0.2) is 6.61 Å². The normalized spacial score (nSPS) is 12.6. The van der Waals surface area contributed by atoms with Gasteiger partial charge in [0.2, 0.25) is 0 Å². The van der Waals surface area contributed by atoms with Gasteiger partial charge in [-0.1, -0.05) is 25.8 Å². The molecule has 1 heterocycles. The number of thioether (sulfide) groups is 1. The minimum Gasteiger partial charge on any atom is -0.482 e. The third kappa shape index (κ3) is 7.21. The van der Waals surface area contributed by atoms with Gasteiger partial charge in [-0.15, -0.1) is 11.8 Å². The van der Waals surface area contributed by atoms with Gasteiger partial charge in [-0.05, 0) is 80.8 Å². The van der Waals surface area contributed by atoms with Crippen molar-refractivity contribution in [1.29, 1.82) is 0 Å². The summed E-state index contributed by atoms with van der Waals surface area (Å²) in [7, 11) is 0. The second kappa shape index (κ2) is 12.6. The summed E-state index contributed by atoms with van der Waals surface area (Å²) in [4.78, 5) is 12.6. The van der Waals surface area contributed by atoms with Gasteiger partial charge in [-0.25, -0.2) is 4.79 Å². The molecule has 2 aromatic carbocycles. The molecule has 8 heteroatoms. The minimum absolute atomic E-state index is 0.123. The molecule has 0 radical (unpaired) electrons. The SMILES string of the molecule is CCCCC(CCSc1ccc(OCC(=O)OCC)c(C)c1)c1oc2cc(C(F)(F)F)ccc2c1C. The lowest BCUT2D eigenvalue weighted by Crippen LogP contribution is -2.14. The van der Waals surface area contributed by atoms with E-state index >= 15 is 0 Å². The Kier molecular flexibility index (Phi) is 9.77. The van der Waals surface area contributed by atoms with Crippen molar-refractivity contribution in [2.75, 3.05) is 19.0 Å². The van der Waals surface area contributed by atoms with Crippen molar-refractivity contribution >= 4 is 28.7 Å². The summed E-state index contributed by atoms with van der Waals surface area (Å²) in [6, 6.07) is 9.58. The van der Waals surface area contributed by atoms with Crippen molar-refractivity contribution in [2.24, 2.45) is 0 Å². The second-order valence-electron chi connectivity index (χ2n) is 8.80. The molecule has 1 aromatic heterocycles. The van der Waals surface area contributed by atoms with Crippen LogP contribution in [-0.2, 0) is 15.7 Å². The number of carbonyl (C=O) groups is 1. The summed E-state index contributed by atoms with van der Waals surface area (Å²) in [5, 5.41) is 0.737. The van der Waals surface area contributed by atoms with Crippen LogP contribution in [0.2, 0.25) is 0 Å². The summed E-state index contributed by atoms with van der Waals surface area (Å²) >= 11 is 1.71. The number of aryl methyl sites for hydroxylation is 2. The highest BCUT2D eigenvalue weighted by molar-refractivity contribution is 7.99. The molecular formula is C28H33F3O4S. The molecule has 0 N–H and O–H groups in total. The van der Waals surface area contributed by atoms with E-state index in [9.17, 15) is 18.0 Å². The van der Waals surface area contributed by atoms with Crippen molar-refractivity contribution in [2.45, 2.75) is 70.4 Å². The lowest BCUT2D eigenvalue weighted by Gasteiger charge is -2.16. The predicted molar refractivity (Wildman–Crippen MR) is 137 cm³/mol. The van der Waals surface area contributed by atoms with E-state index < -0.39 is 17.7 Å². The second-order valence-corrected chi connectivity index (χ2v) is 9.97. The number of unbranched alkanes of at least 4 members (excludes halogenated alkanes) is 1. The highest BCUT2D eigenvalue weighted by Crippen LogP contribution is 2.39. The zero-order valence-electron chi connectivity index (χ0n) is 21.2. The molecule has 1 atom stereocenters. The molecular weight excluding hydrogens is 489 g/mol. The van der Waals surface area contributed by atoms with Crippen LogP contribution in [0.4, 0.5) is 13.2 Å². The van der Waals surface area contributed by atoms with Gasteiger partial charge in [-0.3, -0.25) is 0 Å². The summed E-state index contributed by atoms with van der Waals surface area (Å²) in [6.07, 6.45) is -0.579. The van der Waals surface area contributed by atoms with Crippen LogP contribution in [0, 0.1) is 13.8 Å². The van der Waals surface area contributed by atoms with Crippen LogP contribution in [0.1, 0.15) is 67.9 Å². The van der Waals surface area contributed by atoms with E-state index in [1.807, 2.05) is 32.0 Å². The number of benzene rings is 2. The molecule has 0 amide bonds. The number of fused-ring (bicyclic) bond motifs is 1. The predicted octanol–water partition coefficient (Wildman–Crippen LogP) is 8.47. The molecule has 0 aliphatic heterocycles. The third-order valence-electron chi connectivity index (χ3n) is 6.11. The van der Waals surface area contributed by atoms with Crippen molar-refractivity contribution < 1.29 is 31.9 Å². The minimum atomic E-state index is -4.40. The Morgan fingerprint density at radius 3 is 2.53 bits per heavy atom. The first-order valence-electron chi connectivity index (χ1n) is 12.3. The molecule has 0 fully saturated rings. The van der Waals surface area contributed by atoms with E-state index in [2.05, 4.69) is 6.92 Å². The van der Waals surface area contributed by atoms with Gasteiger partial charge in [0.25, 0.3) is 0 Å². The molecule has 0 saturated heterocycles. The van der Waals surface area contributed by atoms with Crippen molar-refractivity contribution in [3.05, 3.63) is 58.8 Å². The van der Waals surface area contributed by atoms with Crippen molar-refractivity contribution in [3.63, 3.8) is 0 Å². The number of esters is 1. The highest BCUT2D eigenvalue weighted by atomic mass is 32.2. The number of furan rings is 1. The highest BCUT2D eigenvalue weighted by Gasteiger charge is 2.31. The Labute approximate surface area is 214 Å². The maximum atomic E-state index is 13.2.